The number of benzene rings is 1. The Labute approximate surface area is 76.5 Å². The topological polar surface area (TPSA) is 69.2 Å². The van der Waals surface area contributed by atoms with Crippen LogP contribution in [-0.4, -0.2) is 11.5 Å². The standard InChI is InChI=1S/C9H12N2O2/c10-7-1-2-8-3-5-9(6-4-8)11(12)13/h3-6H,1-2,7,10H2. The lowest BCUT2D eigenvalue weighted by atomic mass is 10.1. The molecule has 0 spiro atoms. The fourth-order valence-electron chi connectivity index (χ4n) is 1.09. The molecule has 0 saturated heterocycles. The highest BCUT2D eigenvalue weighted by atomic mass is 16.6. The fourth-order valence-corrected chi connectivity index (χ4v) is 1.09. The van der Waals surface area contributed by atoms with Crippen LogP contribution in [0.25, 0.3) is 0 Å². The van der Waals surface area contributed by atoms with Gasteiger partial charge in [-0.15, -0.1) is 0 Å². The number of hydrogen-bond acceptors (Lipinski definition) is 3. The van der Waals surface area contributed by atoms with E-state index in [-0.39, 0.29) is 5.69 Å². The third-order valence-electron chi connectivity index (χ3n) is 1.82. The molecule has 0 fully saturated rings. The zero-order valence-corrected chi connectivity index (χ0v) is 7.27. The van der Waals surface area contributed by atoms with Crippen LogP contribution in [-0.2, 0) is 6.42 Å². The van der Waals surface area contributed by atoms with Crippen LogP contribution in [0.3, 0.4) is 0 Å². The van der Waals surface area contributed by atoms with Crippen LogP contribution in [0.2, 0.25) is 0 Å². The molecule has 0 radical (unpaired) electrons. The molecule has 0 aliphatic rings. The molecule has 1 aromatic rings. The highest BCUT2D eigenvalue weighted by Gasteiger charge is 2.02. The molecule has 1 aromatic carbocycles. The molecule has 70 valence electrons. The molecular weight excluding hydrogens is 168 g/mol. The highest BCUT2D eigenvalue weighted by molar-refractivity contribution is 5.32. The van der Waals surface area contributed by atoms with Crippen LogP contribution in [0.4, 0.5) is 5.69 Å². The molecule has 0 saturated carbocycles. The number of aryl methyl sites for hydroxylation is 1. The van der Waals surface area contributed by atoms with Crippen molar-refractivity contribution < 1.29 is 4.92 Å². The first-order chi connectivity index (χ1) is 6.24. The van der Waals surface area contributed by atoms with Gasteiger partial charge in [-0.05, 0) is 24.9 Å². The van der Waals surface area contributed by atoms with E-state index in [4.69, 9.17) is 5.73 Å². The van der Waals surface area contributed by atoms with Gasteiger partial charge in [-0.25, -0.2) is 0 Å². The van der Waals surface area contributed by atoms with Gasteiger partial charge in [0.2, 0.25) is 0 Å². The Morgan fingerprint density at radius 2 is 1.92 bits per heavy atom. The minimum Gasteiger partial charge on any atom is -0.330 e. The Hall–Kier alpha value is -1.42. The molecule has 0 aliphatic heterocycles. The van der Waals surface area contributed by atoms with Gasteiger partial charge >= 0.3 is 0 Å². The Kier molecular flexibility index (Phi) is 3.40. The lowest BCUT2D eigenvalue weighted by Crippen LogP contribution is -2.00. The summed E-state index contributed by atoms with van der Waals surface area (Å²) < 4.78 is 0. The molecule has 0 unspecified atom stereocenters. The van der Waals surface area contributed by atoms with Gasteiger partial charge in [-0.3, -0.25) is 10.1 Å². The van der Waals surface area contributed by atoms with E-state index in [1.54, 1.807) is 12.1 Å². The van der Waals surface area contributed by atoms with Gasteiger partial charge in [0, 0.05) is 12.1 Å². The van der Waals surface area contributed by atoms with Crippen molar-refractivity contribution in [1.29, 1.82) is 0 Å². The summed E-state index contributed by atoms with van der Waals surface area (Å²) in [6.07, 6.45) is 1.80. The van der Waals surface area contributed by atoms with Crippen LogP contribution in [0.5, 0.6) is 0 Å². The minimum atomic E-state index is -0.396. The Morgan fingerprint density at radius 1 is 1.31 bits per heavy atom. The number of nitro groups is 1. The van der Waals surface area contributed by atoms with Crippen molar-refractivity contribution in [1.82, 2.24) is 0 Å². The first kappa shape index (κ1) is 9.67. The molecule has 1 rings (SSSR count). The zero-order chi connectivity index (χ0) is 9.68. The van der Waals surface area contributed by atoms with Crippen LogP contribution in [0, 0.1) is 10.1 Å². The Bertz CT molecular complexity index is 282. The van der Waals surface area contributed by atoms with Crippen LogP contribution < -0.4 is 5.73 Å². The highest BCUT2D eigenvalue weighted by Crippen LogP contribution is 2.12. The number of hydrogen-bond donors (Lipinski definition) is 1. The van der Waals surface area contributed by atoms with E-state index in [2.05, 4.69) is 0 Å². The van der Waals surface area contributed by atoms with E-state index in [0.717, 1.165) is 18.4 Å². The van der Waals surface area contributed by atoms with E-state index < -0.39 is 4.92 Å². The zero-order valence-electron chi connectivity index (χ0n) is 7.27. The molecule has 0 aromatic heterocycles. The van der Waals surface area contributed by atoms with Crippen molar-refractivity contribution in [3.05, 3.63) is 39.9 Å². The van der Waals surface area contributed by atoms with Crippen molar-refractivity contribution >= 4 is 5.69 Å². The minimum absolute atomic E-state index is 0.136. The van der Waals surface area contributed by atoms with E-state index in [9.17, 15) is 10.1 Å². The number of nitro benzene ring substituents is 1. The van der Waals surface area contributed by atoms with Crippen LogP contribution in [0.1, 0.15) is 12.0 Å². The van der Waals surface area contributed by atoms with Gasteiger partial charge in [0.1, 0.15) is 0 Å². The van der Waals surface area contributed by atoms with Crippen molar-refractivity contribution in [3.63, 3.8) is 0 Å². The molecule has 0 amide bonds. The Morgan fingerprint density at radius 3 is 2.38 bits per heavy atom. The normalized spacial score (nSPS) is 9.92. The van der Waals surface area contributed by atoms with Crippen molar-refractivity contribution in [3.8, 4) is 0 Å². The lowest BCUT2D eigenvalue weighted by molar-refractivity contribution is -0.384. The van der Waals surface area contributed by atoms with Crippen LogP contribution >= 0.6 is 0 Å². The molecule has 13 heavy (non-hydrogen) atoms. The summed E-state index contributed by atoms with van der Waals surface area (Å²) in [4.78, 5) is 9.92. The number of nitrogens with zero attached hydrogens (tertiary/aromatic N) is 1. The number of nitrogens with two attached hydrogens (primary N) is 1. The van der Waals surface area contributed by atoms with E-state index in [1.165, 1.54) is 12.1 Å². The Balaban J connectivity index is 2.64. The molecule has 0 bridgehead atoms. The maximum Gasteiger partial charge on any atom is 0.269 e. The second-order valence-corrected chi connectivity index (χ2v) is 2.82. The predicted octanol–water partition coefficient (Wildman–Crippen LogP) is 1.49. The summed E-state index contributed by atoms with van der Waals surface area (Å²) in [5, 5.41) is 10.3. The number of non-ortho nitro benzene ring substituents is 1. The summed E-state index contributed by atoms with van der Waals surface area (Å²) in [5.74, 6) is 0. The smallest absolute Gasteiger partial charge is 0.269 e. The van der Waals surface area contributed by atoms with E-state index in [0.29, 0.717) is 6.54 Å². The molecule has 4 heteroatoms. The predicted molar refractivity (Wildman–Crippen MR) is 50.5 cm³/mol. The lowest BCUT2D eigenvalue weighted by Gasteiger charge is -1.98. The summed E-state index contributed by atoms with van der Waals surface area (Å²) in [6, 6.07) is 6.58. The summed E-state index contributed by atoms with van der Waals surface area (Å²) in [6.45, 7) is 0.650. The molecule has 0 aliphatic carbocycles. The first-order valence-electron chi connectivity index (χ1n) is 4.17. The average Bonchev–Trinajstić information content (AvgIpc) is 2.15. The summed E-state index contributed by atoms with van der Waals surface area (Å²) in [5.41, 5.74) is 6.58. The average molecular weight is 180 g/mol. The second kappa shape index (κ2) is 4.57. The van der Waals surface area contributed by atoms with Gasteiger partial charge in [0.25, 0.3) is 5.69 Å². The second-order valence-electron chi connectivity index (χ2n) is 2.82. The van der Waals surface area contributed by atoms with Crippen molar-refractivity contribution in [2.45, 2.75) is 12.8 Å². The molecule has 2 N–H and O–H groups in total. The largest absolute Gasteiger partial charge is 0.330 e. The quantitative estimate of drug-likeness (QED) is 0.563. The maximum atomic E-state index is 10.3. The van der Waals surface area contributed by atoms with Gasteiger partial charge < -0.3 is 5.73 Å². The van der Waals surface area contributed by atoms with E-state index >= 15 is 0 Å². The molecule has 4 nitrogen and oxygen atoms in total. The van der Waals surface area contributed by atoms with E-state index in [1.807, 2.05) is 0 Å². The van der Waals surface area contributed by atoms with Crippen LogP contribution in [0.15, 0.2) is 24.3 Å². The summed E-state index contributed by atoms with van der Waals surface area (Å²) >= 11 is 0. The van der Waals surface area contributed by atoms with Crippen molar-refractivity contribution in [2.24, 2.45) is 5.73 Å². The van der Waals surface area contributed by atoms with Gasteiger partial charge in [-0.2, -0.15) is 0 Å². The third kappa shape index (κ3) is 2.83. The third-order valence-corrected chi connectivity index (χ3v) is 1.82. The molecular formula is C9H12N2O2. The first-order valence-corrected chi connectivity index (χ1v) is 4.17. The fraction of sp³-hybridized carbons (Fsp3) is 0.333. The number of rotatable bonds is 4. The molecule has 0 heterocycles. The van der Waals surface area contributed by atoms with Gasteiger partial charge in [0.15, 0.2) is 0 Å². The monoisotopic (exact) mass is 180 g/mol. The van der Waals surface area contributed by atoms with Gasteiger partial charge in [0.05, 0.1) is 4.92 Å². The maximum absolute atomic E-state index is 10.3. The SMILES string of the molecule is NCCCc1ccc([N+](=O)[O-])cc1. The molecule has 0 atom stereocenters. The van der Waals surface area contributed by atoms with Gasteiger partial charge in [-0.1, -0.05) is 12.1 Å². The summed E-state index contributed by atoms with van der Waals surface area (Å²) in [7, 11) is 0. The van der Waals surface area contributed by atoms with Crippen molar-refractivity contribution in [2.75, 3.05) is 6.54 Å².